The fourth-order valence-corrected chi connectivity index (χ4v) is 5.03. The Morgan fingerprint density at radius 2 is 1.28 bits per heavy atom. The molecule has 0 unspecified atom stereocenters. The standard InChI is InChI=1S/C23H17N.C15H18N2O.Y/c24-23(18-9-2-1-3-10-18)20-13-6-12-19(16-20)22-15-7-11-17-8-4-5-14-21(17)22;1-11-4-6-12(7-5-11)13-8-9-14(16-2)15(10-13)17(3)18;/h1-16,24H;4-10,16,18H,1-3H3;. The Bertz CT molecular complexity index is 1810. The Hall–Kier alpha value is -4.09. The fraction of sp³-hybridized carbons (Fsp3) is 0.0789. The fourth-order valence-electron chi connectivity index (χ4n) is 5.03. The van der Waals surface area contributed by atoms with Gasteiger partial charge in [-0.05, 0) is 63.7 Å². The van der Waals surface area contributed by atoms with E-state index in [0.29, 0.717) is 5.71 Å². The van der Waals surface area contributed by atoms with Gasteiger partial charge in [-0.25, -0.2) is 0 Å². The Morgan fingerprint density at radius 3 is 2.00 bits per heavy atom. The second-order valence-electron chi connectivity index (χ2n) is 10.2. The third-order valence-corrected chi connectivity index (χ3v) is 7.31. The maximum absolute atomic E-state index is 9.64. The number of nitrogens with one attached hydrogen (secondary N) is 2. The summed E-state index contributed by atoms with van der Waals surface area (Å²) in [6, 6.07) is 47.3. The number of anilines is 2. The minimum absolute atomic E-state index is 0. The third kappa shape index (κ3) is 7.66. The average molecular weight is 639 g/mol. The van der Waals surface area contributed by atoms with Gasteiger partial charge in [0.05, 0.1) is 17.1 Å². The van der Waals surface area contributed by atoms with E-state index in [4.69, 9.17) is 5.41 Å². The summed E-state index contributed by atoms with van der Waals surface area (Å²) in [5.41, 5.74) is 9.91. The number of fused-ring (bicyclic) bond motifs is 1. The van der Waals surface area contributed by atoms with Crippen LogP contribution in [0.2, 0.25) is 0 Å². The van der Waals surface area contributed by atoms with Crippen molar-refractivity contribution in [3.63, 3.8) is 0 Å². The van der Waals surface area contributed by atoms with E-state index in [1.54, 1.807) is 7.05 Å². The van der Waals surface area contributed by atoms with Crippen molar-refractivity contribution in [3.05, 3.63) is 156 Å². The van der Waals surface area contributed by atoms with E-state index < -0.39 is 0 Å². The molecule has 0 saturated heterocycles. The number of hydrogen-bond donors (Lipinski definition) is 3. The second-order valence-corrected chi connectivity index (χ2v) is 10.2. The molecule has 0 aliphatic rings. The quantitative estimate of drug-likeness (QED) is 0.126. The topological polar surface area (TPSA) is 59.4 Å². The van der Waals surface area contributed by atoms with Gasteiger partial charge in [0.25, 0.3) is 0 Å². The molecule has 0 aliphatic heterocycles. The molecule has 0 saturated carbocycles. The zero-order valence-corrected chi connectivity index (χ0v) is 27.6. The largest absolute Gasteiger partial charge is 0.386 e. The molecule has 6 aromatic carbocycles. The van der Waals surface area contributed by atoms with Crippen molar-refractivity contribution < 1.29 is 37.9 Å². The zero-order valence-electron chi connectivity index (χ0n) is 24.8. The number of hydroxylamine groups is 1. The summed E-state index contributed by atoms with van der Waals surface area (Å²) in [7, 11) is 3.46. The molecule has 0 amide bonds. The summed E-state index contributed by atoms with van der Waals surface area (Å²) in [5.74, 6) is 0. The normalized spacial score (nSPS) is 10.2. The molecule has 0 bridgehead atoms. The van der Waals surface area contributed by atoms with Crippen LogP contribution in [0.25, 0.3) is 33.0 Å². The zero-order chi connectivity index (χ0) is 29.5. The van der Waals surface area contributed by atoms with Crippen LogP contribution < -0.4 is 10.4 Å². The molecule has 0 fully saturated rings. The first-order valence-corrected chi connectivity index (χ1v) is 14.0. The number of hydrogen-bond acceptors (Lipinski definition) is 4. The van der Waals surface area contributed by atoms with E-state index in [9.17, 15) is 5.21 Å². The molecule has 1 radical (unpaired) electrons. The Balaban J connectivity index is 0.000000201. The minimum Gasteiger partial charge on any atom is -0.386 e. The molecule has 0 aliphatic carbocycles. The van der Waals surface area contributed by atoms with Crippen molar-refractivity contribution in [2.45, 2.75) is 6.92 Å². The van der Waals surface area contributed by atoms with Gasteiger partial charge in [-0.3, -0.25) is 15.7 Å². The van der Waals surface area contributed by atoms with Crippen molar-refractivity contribution in [1.82, 2.24) is 0 Å². The molecular weight excluding hydrogens is 603 g/mol. The van der Waals surface area contributed by atoms with Crippen LogP contribution in [0.4, 0.5) is 11.4 Å². The van der Waals surface area contributed by atoms with Crippen LogP contribution in [0.3, 0.4) is 0 Å². The van der Waals surface area contributed by atoms with Crippen LogP contribution in [-0.2, 0) is 32.7 Å². The molecule has 6 rings (SSSR count). The first kappa shape index (κ1) is 31.8. The Kier molecular flexibility index (Phi) is 11.0. The van der Waals surface area contributed by atoms with Gasteiger partial charge >= 0.3 is 0 Å². The molecule has 5 heteroatoms. The van der Waals surface area contributed by atoms with Gasteiger partial charge in [0.2, 0.25) is 0 Å². The van der Waals surface area contributed by atoms with Crippen LogP contribution in [-0.4, -0.2) is 25.0 Å². The maximum Gasteiger partial charge on any atom is 0.0868 e. The SMILES string of the molecule is CNc1ccc(-c2ccc(C)cc2)cc1N(C)O.N=C(c1ccccc1)c1cccc(-c2cccc3ccccc23)c1.[Y]. The number of rotatable bonds is 6. The van der Waals surface area contributed by atoms with Gasteiger partial charge in [-0.15, -0.1) is 0 Å². The van der Waals surface area contributed by atoms with E-state index in [1.807, 2.05) is 67.7 Å². The molecule has 211 valence electrons. The van der Waals surface area contributed by atoms with Crippen molar-refractivity contribution in [2.24, 2.45) is 0 Å². The van der Waals surface area contributed by atoms with Crippen LogP contribution in [0.1, 0.15) is 16.7 Å². The van der Waals surface area contributed by atoms with E-state index in [1.165, 1.54) is 21.9 Å². The summed E-state index contributed by atoms with van der Waals surface area (Å²) in [6.45, 7) is 2.07. The van der Waals surface area contributed by atoms with Crippen LogP contribution >= 0.6 is 0 Å². The molecule has 4 nitrogen and oxygen atoms in total. The Labute approximate surface area is 279 Å². The van der Waals surface area contributed by atoms with Gasteiger partial charge in [-0.2, -0.15) is 0 Å². The summed E-state index contributed by atoms with van der Waals surface area (Å²) in [5, 5.41) is 24.8. The predicted octanol–water partition coefficient (Wildman–Crippen LogP) is 9.45. The third-order valence-electron chi connectivity index (χ3n) is 7.31. The van der Waals surface area contributed by atoms with Crippen molar-refractivity contribution in [3.8, 4) is 22.3 Å². The number of aryl methyl sites for hydroxylation is 1. The van der Waals surface area contributed by atoms with Crippen LogP contribution in [0.15, 0.2) is 140 Å². The van der Waals surface area contributed by atoms with Gasteiger partial charge < -0.3 is 5.32 Å². The van der Waals surface area contributed by atoms with Gasteiger partial charge in [-0.1, -0.05) is 127 Å². The van der Waals surface area contributed by atoms with Gasteiger partial charge in [0, 0.05) is 52.4 Å². The molecule has 0 heterocycles. The number of nitrogens with zero attached hydrogens (tertiary/aromatic N) is 1. The number of benzene rings is 6. The van der Waals surface area contributed by atoms with Crippen molar-refractivity contribution in [1.29, 1.82) is 5.41 Å². The van der Waals surface area contributed by atoms with Gasteiger partial charge in [0.15, 0.2) is 0 Å². The summed E-state index contributed by atoms with van der Waals surface area (Å²) in [4.78, 5) is 0. The van der Waals surface area contributed by atoms with Crippen LogP contribution in [0.5, 0.6) is 0 Å². The molecule has 6 aromatic rings. The smallest absolute Gasteiger partial charge is 0.0868 e. The summed E-state index contributed by atoms with van der Waals surface area (Å²) < 4.78 is 0. The van der Waals surface area contributed by atoms with Crippen molar-refractivity contribution in [2.75, 3.05) is 24.5 Å². The van der Waals surface area contributed by atoms with E-state index in [2.05, 4.69) is 91.1 Å². The summed E-state index contributed by atoms with van der Waals surface area (Å²) >= 11 is 0. The first-order valence-electron chi connectivity index (χ1n) is 14.0. The molecule has 0 spiro atoms. The first-order chi connectivity index (χ1) is 20.4. The van der Waals surface area contributed by atoms with E-state index >= 15 is 0 Å². The van der Waals surface area contributed by atoms with Crippen LogP contribution in [0, 0.1) is 12.3 Å². The van der Waals surface area contributed by atoms with Gasteiger partial charge in [0.1, 0.15) is 0 Å². The summed E-state index contributed by atoms with van der Waals surface area (Å²) in [6.07, 6.45) is 0. The van der Waals surface area contributed by atoms with E-state index in [-0.39, 0.29) is 32.7 Å². The predicted molar refractivity (Wildman–Crippen MR) is 178 cm³/mol. The van der Waals surface area contributed by atoms with E-state index in [0.717, 1.165) is 44.3 Å². The molecule has 0 atom stereocenters. The molecule has 3 N–H and O–H groups in total. The molecular formula is C38H35N3OY. The monoisotopic (exact) mass is 638 g/mol. The molecule has 43 heavy (non-hydrogen) atoms. The molecule has 0 aromatic heterocycles. The second kappa shape index (κ2) is 14.9. The minimum atomic E-state index is 0. The maximum atomic E-state index is 9.64. The van der Waals surface area contributed by atoms with Crippen molar-refractivity contribution >= 4 is 27.9 Å². The average Bonchev–Trinajstić information content (AvgIpc) is 3.05. The Morgan fingerprint density at radius 1 is 0.651 bits per heavy atom.